The Morgan fingerprint density at radius 3 is 2.50 bits per heavy atom. The minimum atomic E-state index is -3.15. The Kier molecular flexibility index (Phi) is 3.68. The third kappa shape index (κ3) is 2.88. The summed E-state index contributed by atoms with van der Waals surface area (Å²) in [7, 11) is -3.15. The average molecular weight is 286 g/mol. The second kappa shape index (κ2) is 5.07. The van der Waals surface area contributed by atoms with E-state index in [1.54, 1.807) is 30.6 Å². The smallest absolute Gasteiger partial charge is 0.175 e. The summed E-state index contributed by atoms with van der Waals surface area (Å²) in [6.45, 7) is 0.569. The van der Waals surface area contributed by atoms with E-state index in [9.17, 15) is 8.42 Å². The lowest BCUT2D eigenvalue weighted by Gasteiger charge is -2.05. The summed E-state index contributed by atoms with van der Waals surface area (Å²) in [5.74, 6) is 0.977. The van der Waals surface area contributed by atoms with Crippen LogP contribution in [0, 0.1) is 0 Å². The zero-order valence-corrected chi connectivity index (χ0v) is 11.3. The van der Waals surface area contributed by atoms with E-state index in [1.807, 2.05) is 4.57 Å². The molecule has 0 atom stereocenters. The fourth-order valence-electron chi connectivity index (χ4n) is 1.55. The number of rotatable bonds is 4. The highest BCUT2D eigenvalue weighted by atomic mass is 35.5. The SMILES string of the molecule is CS(=O)(=O)c1ccc(Cn2cnnc2CCl)cc1. The van der Waals surface area contributed by atoms with Crippen molar-refractivity contribution < 1.29 is 8.42 Å². The molecule has 0 spiro atoms. The number of hydrogen-bond donors (Lipinski definition) is 0. The van der Waals surface area contributed by atoms with Gasteiger partial charge < -0.3 is 4.57 Å². The normalized spacial score (nSPS) is 11.7. The summed E-state index contributed by atoms with van der Waals surface area (Å²) in [5, 5.41) is 7.65. The second-order valence-corrected chi connectivity index (χ2v) is 6.21. The summed E-state index contributed by atoms with van der Waals surface area (Å²) < 4.78 is 24.5. The molecule has 0 saturated carbocycles. The van der Waals surface area contributed by atoms with Crippen molar-refractivity contribution in [3.8, 4) is 0 Å². The molecule has 1 aromatic carbocycles. The Labute approximate surface area is 110 Å². The van der Waals surface area contributed by atoms with Gasteiger partial charge in [0.05, 0.1) is 17.3 Å². The van der Waals surface area contributed by atoms with Crippen LogP contribution in [0.1, 0.15) is 11.4 Å². The summed E-state index contributed by atoms with van der Waals surface area (Å²) in [5.41, 5.74) is 0.966. The van der Waals surface area contributed by atoms with E-state index >= 15 is 0 Å². The number of hydrogen-bond acceptors (Lipinski definition) is 4. The van der Waals surface area contributed by atoms with Crippen LogP contribution in [0.3, 0.4) is 0 Å². The molecule has 0 unspecified atom stereocenters. The number of aromatic nitrogens is 3. The Bertz CT molecular complexity index is 635. The molecule has 0 radical (unpaired) electrons. The molecule has 0 aliphatic heterocycles. The summed E-state index contributed by atoms with van der Waals surface area (Å²) in [6.07, 6.45) is 2.79. The lowest BCUT2D eigenvalue weighted by molar-refractivity contribution is 0.602. The van der Waals surface area contributed by atoms with Crippen molar-refractivity contribution in [1.29, 1.82) is 0 Å². The molecule has 18 heavy (non-hydrogen) atoms. The molecule has 1 aromatic heterocycles. The van der Waals surface area contributed by atoms with Gasteiger partial charge in [0.1, 0.15) is 12.2 Å². The zero-order chi connectivity index (χ0) is 13.2. The van der Waals surface area contributed by atoms with Crippen molar-refractivity contribution in [3.63, 3.8) is 0 Å². The van der Waals surface area contributed by atoms with Crippen molar-refractivity contribution in [2.45, 2.75) is 17.3 Å². The largest absolute Gasteiger partial charge is 0.312 e. The third-order valence-electron chi connectivity index (χ3n) is 2.52. The maximum absolute atomic E-state index is 11.3. The van der Waals surface area contributed by atoms with E-state index in [2.05, 4.69) is 10.2 Å². The predicted molar refractivity (Wildman–Crippen MR) is 68.2 cm³/mol. The summed E-state index contributed by atoms with van der Waals surface area (Å²) in [6, 6.07) is 6.73. The average Bonchev–Trinajstić information content (AvgIpc) is 2.76. The Morgan fingerprint density at radius 1 is 1.28 bits per heavy atom. The fourth-order valence-corrected chi connectivity index (χ4v) is 2.39. The van der Waals surface area contributed by atoms with Crippen molar-refractivity contribution >= 4 is 21.4 Å². The van der Waals surface area contributed by atoms with E-state index in [4.69, 9.17) is 11.6 Å². The number of nitrogens with zero attached hydrogens (tertiary/aromatic N) is 3. The van der Waals surface area contributed by atoms with Crippen molar-refractivity contribution in [2.75, 3.05) is 6.26 Å². The van der Waals surface area contributed by atoms with Gasteiger partial charge in [-0.1, -0.05) is 12.1 Å². The zero-order valence-electron chi connectivity index (χ0n) is 9.75. The van der Waals surface area contributed by atoms with Crippen molar-refractivity contribution in [3.05, 3.63) is 42.0 Å². The number of halogens is 1. The molecule has 2 rings (SSSR count). The monoisotopic (exact) mass is 285 g/mol. The maximum Gasteiger partial charge on any atom is 0.175 e. The van der Waals surface area contributed by atoms with E-state index in [0.29, 0.717) is 23.1 Å². The van der Waals surface area contributed by atoms with Gasteiger partial charge in [0.2, 0.25) is 0 Å². The molecule has 0 saturated heterocycles. The molecule has 0 N–H and O–H groups in total. The fraction of sp³-hybridized carbons (Fsp3) is 0.273. The van der Waals surface area contributed by atoms with Crippen LogP contribution in [-0.4, -0.2) is 29.4 Å². The summed E-state index contributed by atoms with van der Waals surface area (Å²) in [4.78, 5) is 0.313. The molecule has 0 amide bonds. The molecule has 5 nitrogen and oxygen atoms in total. The minimum absolute atomic E-state index is 0.293. The first-order valence-electron chi connectivity index (χ1n) is 5.22. The molecule has 96 valence electrons. The van der Waals surface area contributed by atoms with Crippen LogP contribution in [0.15, 0.2) is 35.5 Å². The van der Waals surface area contributed by atoms with Gasteiger partial charge in [-0.05, 0) is 17.7 Å². The van der Waals surface area contributed by atoms with Gasteiger partial charge in [0.15, 0.2) is 9.84 Å². The number of benzene rings is 1. The highest BCUT2D eigenvalue weighted by Gasteiger charge is 2.07. The quantitative estimate of drug-likeness (QED) is 0.798. The lowest BCUT2D eigenvalue weighted by atomic mass is 10.2. The van der Waals surface area contributed by atoms with Crippen LogP contribution in [0.5, 0.6) is 0 Å². The Balaban J connectivity index is 2.21. The highest BCUT2D eigenvalue weighted by Crippen LogP contribution is 2.12. The van der Waals surface area contributed by atoms with Crippen molar-refractivity contribution in [1.82, 2.24) is 14.8 Å². The number of alkyl halides is 1. The number of sulfone groups is 1. The first kappa shape index (κ1) is 13.0. The van der Waals surface area contributed by atoms with E-state index in [-0.39, 0.29) is 0 Å². The molecular weight excluding hydrogens is 274 g/mol. The Morgan fingerprint density at radius 2 is 1.94 bits per heavy atom. The summed E-state index contributed by atoms with van der Waals surface area (Å²) >= 11 is 5.72. The molecule has 7 heteroatoms. The third-order valence-corrected chi connectivity index (χ3v) is 3.89. The van der Waals surface area contributed by atoms with Gasteiger partial charge in [-0.2, -0.15) is 0 Å². The molecule has 2 aromatic rings. The standard InChI is InChI=1S/C11H12ClN3O2S/c1-18(16,17)10-4-2-9(3-5-10)7-15-8-13-14-11(15)6-12/h2-5,8H,6-7H2,1H3. The molecular formula is C11H12ClN3O2S. The van der Waals surface area contributed by atoms with Crippen LogP contribution in [0.4, 0.5) is 0 Å². The van der Waals surface area contributed by atoms with E-state index in [0.717, 1.165) is 5.56 Å². The van der Waals surface area contributed by atoms with Gasteiger partial charge in [0, 0.05) is 6.26 Å². The van der Waals surface area contributed by atoms with Crippen LogP contribution < -0.4 is 0 Å². The maximum atomic E-state index is 11.3. The van der Waals surface area contributed by atoms with Gasteiger partial charge in [-0.25, -0.2) is 8.42 Å². The van der Waals surface area contributed by atoms with Crippen molar-refractivity contribution in [2.24, 2.45) is 0 Å². The molecule has 0 fully saturated rings. The topological polar surface area (TPSA) is 64.8 Å². The van der Waals surface area contributed by atoms with E-state index in [1.165, 1.54) is 6.26 Å². The second-order valence-electron chi connectivity index (χ2n) is 3.92. The van der Waals surface area contributed by atoms with Crippen LogP contribution in [-0.2, 0) is 22.3 Å². The molecule has 1 heterocycles. The minimum Gasteiger partial charge on any atom is -0.312 e. The van der Waals surface area contributed by atoms with Gasteiger partial charge in [-0.3, -0.25) is 0 Å². The van der Waals surface area contributed by atoms with Crippen LogP contribution >= 0.6 is 11.6 Å². The molecule has 0 aliphatic carbocycles. The highest BCUT2D eigenvalue weighted by molar-refractivity contribution is 7.90. The Hall–Kier alpha value is -1.40. The van der Waals surface area contributed by atoms with Crippen LogP contribution in [0.25, 0.3) is 0 Å². The van der Waals surface area contributed by atoms with Gasteiger partial charge >= 0.3 is 0 Å². The first-order chi connectivity index (χ1) is 8.50. The van der Waals surface area contributed by atoms with Gasteiger partial charge in [-0.15, -0.1) is 21.8 Å². The lowest BCUT2D eigenvalue weighted by Crippen LogP contribution is -2.03. The van der Waals surface area contributed by atoms with Gasteiger partial charge in [0.25, 0.3) is 0 Å². The van der Waals surface area contributed by atoms with Crippen LogP contribution in [0.2, 0.25) is 0 Å². The molecule has 0 bridgehead atoms. The van der Waals surface area contributed by atoms with E-state index < -0.39 is 9.84 Å². The predicted octanol–water partition coefficient (Wildman–Crippen LogP) is 1.47. The molecule has 0 aliphatic rings. The first-order valence-corrected chi connectivity index (χ1v) is 7.65.